The molecule has 0 N–H and O–H groups in total. The molecule has 0 saturated carbocycles. The fourth-order valence-corrected chi connectivity index (χ4v) is 3.01. The highest BCUT2D eigenvalue weighted by Gasteiger charge is 2.19. The Morgan fingerprint density at radius 3 is 2.79 bits per heavy atom. The van der Waals surface area contributed by atoms with E-state index in [1.165, 1.54) is 24.2 Å². The van der Waals surface area contributed by atoms with Gasteiger partial charge in [0.2, 0.25) is 0 Å². The number of aryl methyl sites for hydroxylation is 2. The van der Waals surface area contributed by atoms with Crippen LogP contribution in [0.3, 0.4) is 0 Å². The van der Waals surface area contributed by atoms with Crippen molar-refractivity contribution in [3.8, 4) is 0 Å². The van der Waals surface area contributed by atoms with E-state index in [9.17, 15) is 0 Å². The minimum absolute atomic E-state index is 0.793. The van der Waals surface area contributed by atoms with Crippen molar-refractivity contribution in [1.29, 1.82) is 0 Å². The minimum Gasteiger partial charge on any atom is -0.378 e. The summed E-state index contributed by atoms with van der Waals surface area (Å²) < 4.78 is 7.45. The number of nitrogens with zero attached hydrogens (tertiary/aromatic N) is 4. The van der Waals surface area contributed by atoms with E-state index in [2.05, 4.69) is 21.5 Å². The summed E-state index contributed by atoms with van der Waals surface area (Å²) in [6.45, 7) is 3.44. The van der Waals surface area contributed by atoms with Crippen molar-refractivity contribution in [3.63, 3.8) is 0 Å². The van der Waals surface area contributed by atoms with Gasteiger partial charge in [-0.2, -0.15) is 0 Å². The van der Waals surface area contributed by atoms with Crippen molar-refractivity contribution in [3.05, 3.63) is 23.5 Å². The van der Waals surface area contributed by atoms with Crippen LogP contribution < -0.4 is 4.90 Å². The number of rotatable bonds is 1. The molecule has 100 valence electrons. The van der Waals surface area contributed by atoms with E-state index < -0.39 is 0 Å². The largest absolute Gasteiger partial charge is 0.378 e. The Morgan fingerprint density at radius 1 is 1.05 bits per heavy atom. The summed E-state index contributed by atoms with van der Waals surface area (Å²) in [4.78, 5) is 6.99. The Hall–Kier alpha value is -1.62. The number of hydrogen-bond acceptors (Lipinski definition) is 4. The molecule has 1 saturated heterocycles. The first-order valence-corrected chi connectivity index (χ1v) is 7.12. The third-order valence-electron chi connectivity index (χ3n) is 4.05. The van der Waals surface area contributed by atoms with Gasteiger partial charge in [0, 0.05) is 13.1 Å². The van der Waals surface area contributed by atoms with Crippen molar-refractivity contribution in [2.24, 2.45) is 0 Å². The molecule has 0 spiro atoms. The van der Waals surface area contributed by atoms with E-state index in [-0.39, 0.29) is 0 Å². The first-order chi connectivity index (χ1) is 9.42. The van der Waals surface area contributed by atoms with Crippen molar-refractivity contribution >= 4 is 11.5 Å². The molecule has 0 amide bonds. The number of fused-ring (bicyclic) bond motifs is 3. The van der Waals surface area contributed by atoms with Crippen LogP contribution in [0.1, 0.15) is 24.2 Å². The highest BCUT2D eigenvalue weighted by molar-refractivity contribution is 5.49. The maximum Gasteiger partial charge on any atom is 0.154 e. The Labute approximate surface area is 112 Å². The van der Waals surface area contributed by atoms with E-state index in [1.54, 1.807) is 0 Å². The third kappa shape index (κ3) is 1.89. The number of hydrogen-bond donors (Lipinski definition) is 0. The van der Waals surface area contributed by atoms with Gasteiger partial charge in [0.1, 0.15) is 5.82 Å². The Morgan fingerprint density at radius 2 is 1.89 bits per heavy atom. The van der Waals surface area contributed by atoms with Gasteiger partial charge in [-0.05, 0) is 37.8 Å². The van der Waals surface area contributed by atoms with E-state index in [4.69, 9.17) is 14.8 Å². The number of imidazole rings is 1. The molecule has 2 aromatic heterocycles. The zero-order chi connectivity index (χ0) is 12.7. The summed E-state index contributed by atoms with van der Waals surface area (Å²) in [5.74, 6) is 1.04. The predicted octanol–water partition coefficient (Wildman–Crippen LogP) is 1.44. The average molecular weight is 258 g/mol. The summed E-state index contributed by atoms with van der Waals surface area (Å²) in [6, 6.07) is 4.18. The maximum absolute atomic E-state index is 5.40. The monoisotopic (exact) mass is 258 g/mol. The number of aromatic nitrogens is 3. The molecular weight excluding hydrogens is 240 g/mol. The maximum atomic E-state index is 5.40. The molecule has 0 aromatic carbocycles. The second-order valence-corrected chi connectivity index (χ2v) is 5.27. The van der Waals surface area contributed by atoms with Crippen LogP contribution in [0, 0.1) is 0 Å². The van der Waals surface area contributed by atoms with Gasteiger partial charge in [-0.15, -0.1) is 5.10 Å². The Kier molecular flexibility index (Phi) is 2.65. The zero-order valence-electron chi connectivity index (χ0n) is 11.0. The fourth-order valence-electron chi connectivity index (χ4n) is 3.01. The molecule has 0 bridgehead atoms. The molecule has 4 rings (SSSR count). The topological polar surface area (TPSA) is 42.7 Å². The van der Waals surface area contributed by atoms with Crippen LogP contribution in [-0.4, -0.2) is 40.9 Å². The summed E-state index contributed by atoms with van der Waals surface area (Å²) in [6.07, 6.45) is 4.72. The van der Waals surface area contributed by atoms with Crippen LogP contribution in [0.15, 0.2) is 12.1 Å². The first kappa shape index (κ1) is 11.2. The van der Waals surface area contributed by atoms with Crippen LogP contribution >= 0.6 is 0 Å². The Balaban J connectivity index is 1.77. The molecule has 0 unspecified atom stereocenters. The Bertz CT molecular complexity index is 601. The molecule has 5 heteroatoms. The molecule has 2 aliphatic rings. The smallest absolute Gasteiger partial charge is 0.154 e. The van der Waals surface area contributed by atoms with Gasteiger partial charge in [-0.25, -0.2) is 9.50 Å². The number of morpholine rings is 1. The van der Waals surface area contributed by atoms with Crippen LogP contribution in [0.25, 0.3) is 5.65 Å². The fraction of sp³-hybridized carbons (Fsp3) is 0.571. The lowest BCUT2D eigenvalue weighted by Crippen LogP contribution is -2.37. The summed E-state index contributed by atoms with van der Waals surface area (Å²) in [7, 11) is 0. The highest BCUT2D eigenvalue weighted by atomic mass is 16.5. The molecule has 0 atom stereocenters. The molecule has 5 nitrogen and oxygen atoms in total. The number of ether oxygens (including phenoxy) is 1. The molecule has 1 fully saturated rings. The van der Waals surface area contributed by atoms with Crippen molar-refractivity contribution in [2.75, 3.05) is 31.2 Å². The van der Waals surface area contributed by atoms with Crippen LogP contribution in [0.4, 0.5) is 5.82 Å². The highest BCUT2D eigenvalue weighted by Crippen LogP contribution is 2.23. The lowest BCUT2D eigenvalue weighted by atomic mass is 10.0. The number of anilines is 1. The molecule has 19 heavy (non-hydrogen) atoms. The van der Waals surface area contributed by atoms with Crippen molar-refractivity contribution < 1.29 is 4.74 Å². The lowest BCUT2D eigenvalue weighted by Gasteiger charge is -2.27. The summed E-state index contributed by atoms with van der Waals surface area (Å²) >= 11 is 0. The van der Waals surface area contributed by atoms with Gasteiger partial charge in [0.15, 0.2) is 5.65 Å². The standard InChI is InChI=1S/C14H18N4O/c1-2-4-12-11(3-1)15-13-5-6-14(16-18(12)13)17-7-9-19-10-8-17/h5-6H,1-4,7-10H2. The van der Waals surface area contributed by atoms with E-state index in [0.29, 0.717) is 0 Å². The lowest BCUT2D eigenvalue weighted by molar-refractivity contribution is 0.122. The normalized spacial score (nSPS) is 19.7. The van der Waals surface area contributed by atoms with Crippen LogP contribution in [-0.2, 0) is 17.6 Å². The second-order valence-electron chi connectivity index (χ2n) is 5.27. The van der Waals surface area contributed by atoms with Gasteiger partial charge in [-0.3, -0.25) is 0 Å². The second kappa shape index (κ2) is 4.49. The zero-order valence-corrected chi connectivity index (χ0v) is 11.0. The van der Waals surface area contributed by atoms with Gasteiger partial charge in [0.25, 0.3) is 0 Å². The molecular formula is C14H18N4O. The van der Waals surface area contributed by atoms with E-state index in [0.717, 1.165) is 50.6 Å². The van der Waals surface area contributed by atoms with Gasteiger partial charge in [-0.1, -0.05) is 0 Å². The quantitative estimate of drug-likeness (QED) is 0.776. The first-order valence-electron chi connectivity index (χ1n) is 7.12. The van der Waals surface area contributed by atoms with Crippen molar-refractivity contribution in [2.45, 2.75) is 25.7 Å². The van der Waals surface area contributed by atoms with Crippen molar-refractivity contribution in [1.82, 2.24) is 14.6 Å². The predicted molar refractivity (Wildman–Crippen MR) is 72.7 cm³/mol. The van der Waals surface area contributed by atoms with Gasteiger partial charge >= 0.3 is 0 Å². The minimum atomic E-state index is 0.793. The third-order valence-corrected chi connectivity index (χ3v) is 4.05. The van der Waals surface area contributed by atoms with Crippen LogP contribution in [0.2, 0.25) is 0 Å². The molecule has 0 radical (unpaired) electrons. The van der Waals surface area contributed by atoms with E-state index in [1.807, 2.05) is 0 Å². The summed E-state index contributed by atoms with van der Waals surface area (Å²) in [5, 5.41) is 4.80. The average Bonchev–Trinajstić information content (AvgIpc) is 2.86. The molecule has 1 aliphatic heterocycles. The molecule has 3 heterocycles. The molecule has 2 aromatic rings. The summed E-state index contributed by atoms with van der Waals surface area (Å²) in [5.41, 5.74) is 3.55. The SMILES string of the molecule is c1cc2nc3c(n2nc1N1CCOCC1)CCCC3. The molecule has 1 aliphatic carbocycles. The van der Waals surface area contributed by atoms with Crippen LogP contribution in [0.5, 0.6) is 0 Å². The van der Waals surface area contributed by atoms with Gasteiger partial charge < -0.3 is 9.64 Å². The van der Waals surface area contributed by atoms with Gasteiger partial charge in [0.05, 0.1) is 24.6 Å². The van der Waals surface area contributed by atoms with E-state index >= 15 is 0 Å².